The van der Waals surface area contributed by atoms with Crippen LogP contribution < -0.4 is 5.32 Å². The van der Waals surface area contributed by atoms with Gasteiger partial charge < -0.3 is 19.4 Å². The third kappa shape index (κ3) is 3.73. The molecule has 2 aliphatic heterocycles. The highest BCUT2D eigenvalue weighted by molar-refractivity contribution is 5.94. The number of amides is 2. The second-order valence-electron chi connectivity index (χ2n) is 7.32. The number of hydrogen-bond acceptors (Lipinski definition) is 5. The van der Waals surface area contributed by atoms with Crippen LogP contribution in [0.4, 0.5) is 0 Å². The molecule has 1 N–H and O–H groups in total. The van der Waals surface area contributed by atoms with Crippen molar-refractivity contribution in [3.8, 4) is 0 Å². The predicted molar refractivity (Wildman–Crippen MR) is 97.4 cm³/mol. The lowest BCUT2D eigenvalue weighted by molar-refractivity contribution is -0.0777. The number of carbonyl (C=O) groups is 2. The number of carbonyl (C=O) groups excluding carboxylic acids is 2. The van der Waals surface area contributed by atoms with E-state index in [1.807, 2.05) is 6.92 Å². The minimum atomic E-state index is -0.400. The second kappa shape index (κ2) is 7.15. The summed E-state index contributed by atoms with van der Waals surface area (Å²) in [7, 11) is 0. The van der Waals surface area contributed by atoms with E-state index in [2.05, 4.69) is 10.3 Å². The summed E-state index contributed by atoms with van der Waals surface area (Å²) in [4.78, 5) is 30.8. The summed E-state index contributed by atoms with van der Waals surface area (Å²) in [6.45, 7) is 3.54. The highest BCUT2D eigenvalue weighted by atomic mass is 16.5. The van der Waals surface area contributed by atoms with Crippen LogP contribution in [0.25, 0.3) is 0 Å². The molecule has 7 heteroatoms. The molecule has 2 aromatic rings. The Hall–Kier alpha value is -2.67. The van der Waals surface area contributed by atoms with E-state index in [-0.39, 0.29) is 17.9 Å². The number of nitrogens with one attached hydrogen (secondary N) is 1. The number of ether oxygens (including phenoxy) is 1. The zero-order valence-corrected chi connectivity index (χ0v) is 15.3. The Bertz CT molecular complexity index is 835. The van der Waals surface area contributed by atoms with Gasteiger partial charge >= 0.3 is 0 Å². The molecule has 4 heterocycles. The summed E-state index contributed by atoms with van der Waals surface area (Å²) in [5.41, 5.74) is 0.150. The molecule has 7 nitrogen and oxygen atoms in total. The molecule has 0 bridgehead atoms. The van der Waals surface area contributed by atoms with E-state index in [0.717, 1.165) is 18.6 Å². The number of aryl methyl sites for hydroxylation is 1. The molecule has 0 aliphatic carbocycles. The minimum absolute atomic E-state index is 0.0207. The van der Waals surface area contributed by atoms with Crippen molar-refractivity contribution in [2.75, 3.05) is 19.7 Å². The van der Waals surface area contributed by atoms with Gasteiger partial charge in [-0.3, -0.25) is 14.6 Å². The van der Waals surface area contributed by atoms with E-state index in [4.69, 9.17) is 9.15 Å². The van der Waals surface area contributed by atoms with Gasteiger partial charge in [0.15, 0.2) is 5.76 Å². The predicted octanol–water partition coefficient (Wildman–Crippen LogP) is 2.18. The summed E-state index contributed by atoms with van der Waals surface area (Å²) in [5.74, 6) is 0.855. The molecule has 2 saturated heterocycles. The maximum absolute atomic E-state index is 12.6. The van der Waals surface area contributed by atoms with E-state index in [1.54, 1.807) is 41.6 Å². The molecule has 27 heavy (non-hydrogen) atoms. The number of aromatic nitrogens is 1. The fourth-order valence-corrected chi connectivity index (χ4v) is 3.92. The Balaban J connectivity index is 1.39. The van der Waals surface area contributed by atoms with Crippen molar-refractivity contribution in [1.29, 1.82) is 0 Å². The first-order chi connectivity index (χ1) is 13.0. The molecular weight excluding hydrogens is 346 g/mol. The number of nitrogens with zero attached hydrogens (tertiary/aromatic N) is 2. The van der Waals surface area contributed by atoms with Crippen molar-refractivity contribution >= 4 is 11.8 Å². The average molecular weight is 369 g/mol. The Labute approximate surface area is 157 Å². The Kier molecular flexibility index (Phi) is 4.70. The first-order valence-corrected chi connectivity index (χ1v) is 9.25. The molecule has 0 radical (unpaired) electrons. The molecular formula is C20H23N3O4. The number of rotatable bonds is 3. The van der Waals surface area contributed by atoms with Gasteiger partial charge in [-0.2, -0.15) is 0 Å². The van der Waals surface area contributed by atoms with Crippen LogP contribution >= 0.6 is 0 Å². The molecule has 2 amide bonds. The van der Waals surface area contributed by atoms with Crippen LogP contribution in [0.3, 0.4) is 0 Å². The van der Waals surface area contributed by atoms with E-state index < -0.39 is 5.60 Å². The van der Waals surface area contributed by atoms with Crippen molar-refractivity contribution < 1.29 is 18.7 Å². The lowest BCUT2D eigenvalue weighted by Crippen LogP contribution is -2.50. The van der Waals surface area contributed by atoms with Crippen LogP contribution in [0.5, 0.6) is 0 Å². The molecule has 0 aromatic carbocycles. The summed E-state index contributed by atoms with van der Waals surface area (Å²) >= 11 is 0. The van der Waals surface area contributed by atoms with Crippen LogP contribution in [-0.4, -0.2) is 53.0 Å². The van der Waals surface area contributed by atoms with Crippen LogP contribution in [0.15, 0.2) is 41.1 Å². The maximum atomic E-state index is 12.6. The topological polar surface area (TPSA) is 84.7 Å². The SMILES string of the molecule is Cc1ccc(C(=O)N2CC[C@@]3(C[C@H](NC(=O)c4cccnc4)CCO3)C2)o1. The average Bonchev–Trinajstić information content (AvgIpc) is 3.29. The summed E-state index contributed by atoms with van der Waals surface area (Å²) in [6, 6.07) is 7.02. The molecule has 2 aliphatic rings. The molecule has 0 saturated carbocycles. The maximum Gasteiger partial charge on any atom is 0.289 e. The van der Waals surface area contributed by atoms with E-state index in [0.29, 0.717) is 37.4 Å². The fourth-order valence-electron chi connectivity index (χ4n) is 3.92. The second-order valence-corrected chi connectivity index (χ2v) is 7.32. The fraction of sp³-hybridized carbons (Fsp3) is 0.450. The molecule has 4 rings (SSSR count). The summed E-state index contributed by atoms with van der Waals surface area (Å²) < 4.78 is 11.5. The monoisotopic (exact) mass is 369 g/mol. The Morgan fingerprint density at radius 3 is 2.96 bits per heavy atom. The smallest absolute Gasteiger partial charge is 0.289 e. The molecule has 2 fully saturated rings. The third-order valence-corrected chi connectivity index (χ3v) is 5.31. The molecule has 142 valence electrons. The van der Waals surface area contributed by atoms with Crippen molar-refractivity contribution in [2.45, 2.75) is 37.8 Å². The quantitative estimate of drug-likeness (QED) is 0.896. The van der Waals surface area contributed by atoms with Gasteiger partial charge in [0.05, 0.1) is 17.7 Å². The first kappa shape index (κ1) is 17.7. The van der Waals surface area contributed by atoms with Gasteiger partial charge in [-0.05, 0) is 50.5 Å². The molecule has 1 spiro atoms. The Morgan fingerprint density at radius 2 is 2.22 bits per heavy atom. The lowest BCUT2D eigenvalue weighted by Gasteiger charge is -2.38. The van der Waals surface area contributed by atoms with E-state index in [9.17, 15) is 9.59 Å². The number of hydrogen-bond donors (Lipinski definition) is 1. The first-order valence-electron chi connectivity index (χ1n) is 9.25. The van der Waals surface area contributed by atoms with Gasteiger partial charge in [-0.25, -0.2) is 0 Å². The Morgan fingerprint density at radius 1 is 1.33 bits per heavy atom. The standard InChI is InChI=1S/C20H23N3O4/c1-14-4-5-17(27-14)19(25)23-9-7-20(13-23)11-16(6-10-26-20)22-18(24)15-3-2-8-21-12-15/h2-5,8,12,16H,6-7,9-11,13H2,1H3,(H,22,24)/t16-,20-/m1/s1. The van der Waals surface area contributed by atoms with Gasteiger partial charge in [-0.1, -0.05) is 0 Å². The zero-order valence-electron chi connectivity index (χ0n) is 15.3. The van der Waals surface area contributed by atoms with Gasteiger partial charge in [0, 0.05) is 31.6 Å². The van der Waals surface area contributed by atoms with E-state index >= 15 is 0 Å². The van der Waals surface area contributed by atoms with Crippen molar-refractivity contribution in [1.82, 2.24) is 15.2 Å². The third-order valence-electron chi connectivity index (χ3n) is 5.31. The lowest BCUT2D eigenvalue weighted by atomic mass is 9.89. The van der Waals surface area contributed by atoms with Crippen LogP contribution in [0.2, 0.25) is 0 Å². The summed E-state index contributed by atoms with van der Waals surface area (Å²) in [6.07, 6.45) is 5.42. The number of furan rings is 1. The highest BCUT2D eigenvalue weighted by Gasteiger charge is 2.45. The van der Waals surface area contributed by atoms with Crippen LogP contribution in [-0.2, 0) is 4.74 Å². The highest BCUT2D eigenvalue weighted by Crippen LogP contribution is 2.35. The van der Waals surface area contributed by atoms with Crippen LogP contribution in [0, 0.1) is 6.92 Å². The summed E-state index contributed by atoms with van der Waals surface area (Å²) in [5, 5.41) is 3.08. The van der Waals surface area contributed by atoms with E-state index in [1.165, 1.54) is 0 Å². The zero-order chi connectivity index (χ0) is 18.9. The molecule has 2 atom stereocenters. The van der Waals surface area contributed by atoms with Gasteiger partial charge in [-0.15, -0.1) is 0 Å². The molecule has 0 unspecified atom stereocenters. The minimum Gasteiger partial charge on any atom is -0.456 e. The molecule has 2 aromatic heterocycles. The van der Waals surface area contributed by atoms with Gasteiger partial charge in [0.25, 0.3) is 11.8 Å². The van der Waals surface area contributed by atoms with Crippen molar-refractivity contribution in [3.05, 3.63) is 53.7 Å². The largest absolute Gasteiger partial charge is 0.456 e. The van der Waals surface area contributed by atoms with Gasteiger partial charge in [0.2, 0.25) is 0 Å². The van der Waals surface area contributed by atoms with Gasteiger partial charge in [0.1, 0.15) is 5.76 Å². The van der Waals surface area contributed by atoms with Crippen LogP contribution in [0.1, 0.15) is 45.9 Å². The van der Waals surface area contributed by atoms with Crippen molar-refractivity contribution in [3.63, 3.8) is 0 Å². The number of pyridine rings is 1. The van der Waals surface area contributed by atoms with Crippen molar-refractivity contribution in [2.24, 2.45) is 0 Å². The normalized spacial score (nSPS) is 24.9. The number of likely N-dealkylation sites (tertiary alicyclic amines) is 1.